The molecule has 1 N–H and O–H groups in total. The number of rotatable bonds is 10. The summed E-state index contributed by atoms with van der Waals surface area (Å²) in [5.74, 6) is 0.716. The van der Waals surface area contributed by atoms with Gasteiger partial charge in [-0.2, -0.15) is 0 Å². The van der Waals surface area contributed by atoms with Crippen LogP contribution in [0.5, 0.6) is 11.5 Å². The molecule has 0 saturated carbocycles. The molecule has 2 aromatic rings. The summed E-state index contributed by atoms with van der Waals surface area (Å²) in [6, 6.07) is 12.6. The van der Waals surface area contributed by atoms with Gasteiger partial charge in [0.25, 0.3) is 5.91 Å². The predicted octanol–water partition coefficient (Wildman–Crippen LogP) is 2.88. The molecule has 0 atom stereocenters. The van der Waals surface area contributed by atoms with Gasteiger partial charge in [0.15, 0.2) is 0 Å². The van der Waals surface area contributed by atoms with E-state index >= 15 is 0 Å². The first-order valence-corrected chi connectivity index (χ1v) is 9.04. The second-order valence-electron chi connectivity index (χ2n) is 6.21. The number of carbonyl (C=O) groups is 2. The van der Waals surface area contributed by atoms with E-state index in [0.717, 1.165) is 0 Å². The lowest BCUT2D eigenvalue weighted by molar-refractivity contribution is -0.130. The number of hydrogen-bond acceptors (Lipinski definition) is 4. The molecule has 0 unspecified atom stereocenters. The average Bonchev–Trinajstić information content (AvgIpc) is 2.72. The summed E-state index contributed by atoms with van der Waals surface area (Å²) in [6.45, 7) is 1.16. The van der Waals surface area contributed by atoms with Gasteiger partial charge >= 0.3 is 0 Å². The van der Waals surface area contributed by atoms with Crippen molar-refractivity contribution < 1.29 is 23.5 Å². The van der Waals surface area contributed by atoms with Gasteiger partial charge in [0.05, 0.1) is 13.7 Å². The van der Waals surface area contributed by atoms with Crippen molar-refractivity contribution in [3.63, 3.8) is 0 Å². The average molecular weight is 388 g/mol. The van der Waals surface area contributed by atoms with Crippen molar-refractivity contribution in [1.82, 2.24) is 10.2 Å². The van der Waals surface area contributed by atoms with E-state index in [1.807, 2.05) is 0 Å². The SMILES string of the molecule is COc1ccc(C(=O)NCCCC(=O)N(C)CCOc2ccc(F)cc2)cc1. The third-order valence-electron chi connectivity index (χ3n) is 4.14. The zero-order valence-electron chi connectivity index (χ0n) is 16.1. The first-order valence-electron chi connectivity index (χ1n) is 9.04. The highest BCUT2D eigenvalue weighted by Crippen LogP contribution is 2.12. The molecule has 28 heavy (non-hydrogen) atoms. The van der Waals surface area contributed by atoms with Crippen molar-refractivity contribution in [3.8, 4) is 11.5 Å². The molecular formula is C21H25FN2O4. The lowest BCUT2D eigenvalue weighted by Gasteiger charge is -2.17. The van der Waals surface area contributed by atoms with Crippen molar-refractivity contribution in [3.05, 3.63) is 59.9 Å². The monoisotopic (exact) mass is 388 g/mol. The fraction of sp³-hybridized carbons (Fsp3) is 0.333. The Morgan fingerprint density at radius 2 is 1.68 bits per heavy atom. The van der Waals surface area contributed by atoms with Gasteiger partial charge in [-0.25, -0.2) is 4.39 Å². The highest BCUT2D eigenvalue weighted by molar-refractivity contribution is 5.94. The fourth-order valence-corrected chi connectivity index (χ4v) is 2.43. The van der Waals surface area contributed by atoms with Crippen LogP contribution in [0.4, 0.5) is 4.39 Å². The summed E-state index contributed by atoms with van der Waals surface area (Å²) in [5.41, 5.74) is 0.544. The van der Waals surface area contributed by atoms with Gasteiger partial charge in [0.2, 0.25) is 5.91 Å². The maximum absolute atomic E-state index is 12.8. The van der Waals surface area contributed by atoms with Gasteiger partial charge in [-0.3, -0.25) is 9.59 Å². The molecule has 7 heteroatoms. The van der Waals surface area contributed by atoms with Crippen LogP contribution in [0.3, 0.4) is 0 Å². The molecule has 150 valence electrons. The van der Waals surface area contributed by atoms with Gasteiger partial charge in [0, 0.05) is 25.6 Å². The van der Waals surface area contributed by atoms with Crippen molar-refractivity contribution in [2.45, 2.75) is 12.8 Å². The highest BCUT2D eigenvalue weighted by atomic mass is 19.1. The Bertz CT molecular complexity index is 763. The molecule has 2 aromatic carbocycles. The summed E-state index contributed by atoms with van der Waals surface area (Å²) in [4.78, 5) is 25.7. The first-order chi connectivity index (χ1) is 13.5. The number of carbonyl (C=O) groups excluding carboxylic acids is 2. The number of hydrogen-bond donors (Lipinski definition) is 1. The first kappa shape index (κ1) is 21.2. The number of methoxy groups -OCH3 is 1. The van der Waals surface area contributed by atoms with Gasteiger partial charge in [-0.05, 0) is 55.0 Å². The summed E-state index contributed by atoms with van der Waals surface area (Å²) in [6.07, 6.45) is 0.875. The molecule has 0 aliphatic carbocycles. The van der Waals surface area contributed by atoms with Crippen LogP contribution in [0.2, 0.25) is 0 Å². The van der Waals surface area contributed by atoms with E-state index in [1.54, 1.807) is 55.5 Å². The third-order valence-corrected chi connectivity index (χ3v) is 4.14. The van der Waals surface area contributed by atoms with Crippen LogP contribution in [-0.4, -0.2) is 50.6 Å². The molecule has 0 radical (unpaired) electrons. The minimum Gasteiger partial charge on any atom is -0.497 e. The number of nitrogens with zero attached hydrogens (tertiary/aromatic N) is 1. The van der Waals surface area contributed by atoms with E-state index in [4.69, 9.17) is 9.47 Å². The molecular weight excluding hydrogens is 363 g/mol. The smallest absolute Gasteiger partial charge is 0.251 e. The predicted molar refractivity (Wildman–Crippen MR) is 104 cm³/mol. The van der Waals surface area contributed by atoms with E-state index in [9.17, 15) is 14.0 Å². The van der Waals surface area contributed by atoms with E-state index in [1.165, 1.54) is 12.1 Å². The fourth-order valence-electron chi connectivity index (χ4n) is 2.43. The van der Waals surface area contributed by atoms with Crippen LogP contribution < -0.4 is 14.8 Å². The number of halogens is 1. The topological polar surface area (TPSA) is 67.9 Å². The largest absolute Gasteiger partial charge is 0.497 e. The molecule has 0 aliphatic rings. The molecule has 0 aromatic heterocycles. The molecule has 2 rings (SSSR count). The van der Waals surface area contributed by atoms with Gasteiger partial charge in [-0.15, -0.1) is 0 Å². The molecule has 0 heterocycles. The van der Waals surface area contributed by atoms with Crippen LogP contribution in [0.1, 0.15) is 23.2 Å². The zero-order chi connectivity index (χ0) is 20.4. The Labute approximate surface area is 164 Å². The van der Waals surface area contributed by atoms with E-state index in [-0.39, 0.29) is 17.6 Å². The van der Waals surface area contributed by atoms with Crippen LogP contribution >= 0.6 is 0 Å². The molecule has 6 nitrogen and oxygen atoms in total. The number of ether oxygens (including phenoxy) is 2. The van der Waals surface area contributed by atoms with E-state index in [2.05, 4.69) is 5.32 Å². The summed E-state index contributed by atoms with van der Waals surface area (Å²) >= 11 is 0. The Morgan fingerprint density at radius 3 is 2.32 bits per heavy atom. The third kappa shape index (κ3) is 6.90. The standard InChI is InChI=1S/C21H25FN2O4/c1-24(14-15-28-19-11-7-17(22)8-12-19)20(25)4-3-13-23-21(26)16-5-9-18(27-2)10-6-16/h5-12H,3-4,13-15H2,1-2H3,(H,23,26). The van der Waals surface area contributed by atoms with Gasteiger partial charge in [-0.1, -0.05) is 0 Å². The summed E-state index contributed by atoms with van der Waals surface area (Å²) in [5, 5.41) is 2.79. The van der Waals surface area contributed by atoms with E-state index < -0.39 is 0 Å². The van der Waals surface area contributed by atoms with Crippen LogP contribution in [-0.2, 0) is 4.79 Å². The lowest BCUT2D eigenvalue weighted by Crippen LogP contribution is -2.32. The Kier molecular flexibility index (Phi) is 8.27. The summed E-state index contributed by atoms with van der Waals surface area (Å²) in [7, 11) is 3.27. The molecule has 0 saturated heterocycles. The molecule has 0 spiro atoms. The lowest BCUT2D eigenvalue weighted by atomic mass is 10.2. The van der Waals surface area contributed by atoms with E-state index in [0.29, 0.717) is 49.6 Å². The van der Waals surface area contributed by atoms with Gasteiger partial charge in [0.1, 0.15) is 23.9 Å². The Morgan fingerprint density at radius 1 is 1.04 bits per heavy atom. The normalized spacial score (nSPS) is 10.2. The minimum atomic E-state index is -0.321. The Hall–Kier alpha value is -3.09. The van der Waals surface area contributed by atoms with Crippen molar-refractivity contribution in [2.24, 2.45) is 0 Å². The van der Waals surface area contributed by atoms with Crippen molar-refractivity contribution in [1.29, 1.82) is 0 Å². The maximum Gasteiger partial charge on any atom is 0.251 e. The van der Waals surface area contributed by atoms with Gasteiger partial charge < -0.3 is 19.7 Å². The maximum atomic E-state index is 12.8. The molecule has 0 bridgehead atoms. The number of benzene rings is 2. The Balaban J connectivity index is 1.61. The summed E-state index contributed by atoms with van der Waals surface area (Å²) < 4.78 is 23.4. The second kappa shape index (κ2) is 10.9. The second-order valence-corrected chi connectivity index (χ2v) is 6.21. The number of likely N-dealkylation sites (N-methyl/N-ethyl adjacent to an activating group) is 1. The number of nitrogens with one attached hydrogen (secondary N) is 1. The highest BCUT2D eigenvalue weighted by Gasteiger charge is 2.10. The van der Waals surface area contributed by atoms with Crippen LogP contribution in [0, 0.1) is 5.82 Å². The zero-order valence-corrected chi connectivity index (χ0v) is 16.1. The molecule has 0 fully saturated rings. The minimum absolute atomic E-state index is 0.0265. The van der Waals surface area contributed by atoms with Crippen LogP contribution in [0.25, 0.3) is 0 Å². The van der Waals surface area contributed by atoms with Crippen LogP contribution in [0.15, 0.2) is 48.5 Å². The van der Waals surface area contributed by atoms with Crippen molar-refractivity contribution >= 4 is 11.8 Å². The molecule has 2 amide bonds. The van der Waals surface area contributed by atoms with Crippen molar-refractivity contribution in [2.75, 3.05) is 33.9 Å². The molecule has 0 aliphatic heterocycles. The quantitative estimate of drug-likeness (QED) is 0.636. The number of amides is 2.